The summed E-state index contributed by atoms with van der Waals surface area (Å²) in [6.07, 6.45) is 1.89. The van der Waals surface area contributed by atoms with E-state index in [1.807, 2.05) is 31.3 Å². The summed E-state index contributed by atoms with van der Waals surface area (Å²) in [5, 5.41) is 1.10. The van der Waals surface area contributed by atoms with Gasteiger partial charge >= 0.3 is 5.97 Å². The minimum absolute atomic E-state index is 0.544. The molecule has 4 heteroatoms. The van der Waals surface area contributed by atoms with Crippen molar-refractivity contribution < 1.29 is 14.2 Å². The largest absolute Gasteiger partial charge is 0.426 e. The van der Waals surface area contributed by atoms with Crippen LogP contribution in [0.4, 0.5) is 0 Å². The fraction of sp³-hybridized carbons (Fsp3) is 0.333. The van der Waals surface area contributed by atoms with Gasteiger partial charge in [-0.1, -0.05) is 0 Å². The quantitative estimate of drug-likeness (QED) is 0.844. The van der Waals surface area contributed by atoms with Crippen LogP contribution in [0.15, 0.2) is 24.4 Å². The van der Waals surface area contributed by atoms with Gasteiger partial charge in [-0.05, 0) is 19.1 Å². The first-order valence-electron chi connectivity index (χ1n) is 5.33. The number of fused-ring (bicyclic) bond motifs is 2. The molecule has 2 aromatic rings. The molecule has 0 amide bonds. The maximum atomic E-state index is 5.65. The van der Waals surface area contributed by atoms with E-state index >= 15 is 0 Å². The summed E-state index contributed by atoms with van der Waals surface area (Å²) in [5.74, 6) is 0.449. The fourth-order valence-electron chi connectivity index (χ4n) is 1.96. The zero-order chi connectivity index (χ0) is 11.2. The van der Waals surface area contributed by atoms with Gasteiger partial charge in [-0.2, -0.15) is 0 Å². The second kappa shape index (κ2) is 3.15. The molecule has 1 aliphatic heterocycles. The van der Waals surface area contributed by atoms with Gasteiger partial charge in [-0.25, -0.2) is 0 Å². The minimum Gasteiger partial charge on any atom is -0.426 e. The van der Waals surface area contributed by atoms with Crippen LogP contribution in [-0.4, -0.2) is 17.6 Å². The van der Waals surface area contributed by atoms with Crippen molar-refractivity contribution in [2.45, 2.75) is 19.8 Å². The molecule has 1 aliphatic rings. The molecule has 84 valence electrons. The molecule has 2 heterocycles. The van der Waals surface area contributed by atoms with Crippen LogP contribution in [-0.2, 0) is 4.74 Å². The van der Waals surface area contributed by atoms with E-state index in [0.29, 0.717) is 12.4 Å². The molecular weight excluding hydrogens is 206 g/mol. The lowest BCUT2D eigenvalue weighted by Gasteiger charge is -2.21. The molecule has 0 spiro atoms. The summed E-state index contributed by atoms with van der Waals surface area (Å²) >= 11 is 0. The summed E-state index contributed by atoms with van der Waals surface area (Å²) in [7, 11) is 0. The summed E-state index contributed by atoms with van der Waals surface area (Å²) < 4.78 is 16.7. The molecule has 0 bridgehead atoms. The number of benzene rings is 1. The Morgan fingerprint density at radius 1 is 1.31 bits per heavy atom. The zero-order valence-electron chi connectivity index (χ0n) is 9.24. The molecule has 0 aliphatic carbocycles. The van der Waals surface area contributed by atoms with E-state index in [1.165, 1.54) is 0 Å². The molecule has 1 aromatic carbocycles. The highest BCUT2D eigenvalue weighted by molar-refractivity contribution is 5.83. The van der Waals surface area contributed by atoms with Crippen molar-refractivity contribution in [3.63, 3.8) is 0 Å². The van der Waals surface area contributed by atoms with E-state index in [0.717, 1.165) is 16.7 Å². The van der Waals surface area contributed by atoms with Gasteiger partial charge in [-0.3, -0.25) is 0 Å². The smallest absolute Gasteiger partial charge is 0.368 e. The van der Waals surface area contributed by atoms with E-state index in [-0.39, 0.29) is 0 Å². The van der Waals surface area contributed by atoms with Crippen molar-refractivity contribution in [2.24, 2.45) is 0 Å². The van der Waals surface area contributed by atoms with Crippen LogP contribution < -0.4 is 9.47 Å². The average molecular weight is 219 g/mol. The highest BCUT2D eigenvalue weighted by atomic mass is 16.9. The molecule has 0 radical (unpaired) electrons. The lowest BCUT2D eigenvalue weighted by molar-refractivity contribution is -0.266. The molecule has 3 rings (SSSR count). The Kier molecular flexibility index (Phi) is 1.88. The van der Waals surface area contributed by atoms with Gasteiger partial charge in [0.05, 0.1) is 6.61 Å². The number of nitrogens with one attached hydrogen (secondary N) is 1. The zero-order valence-corrected chi connectivity index (χ0v) is 9.24. The Balaban J connectivity index is 2.02. The lowest BCUT2D eigenvalue weighted by atomic mass is 10.2. The monoisotopic (exact) mass is 219 g/mol. The van der Waals surface area contributed by atoms with Crippen molar-refractivity contribution in [1.82, 2.24) is 4.98 Å². The summed E-state index contributed by atoms with van der Waals surface area (Å²) in [6.45, 7) is 4.22. The maximum absolute atomic E-state index is 5.65. The predicted molar refractivity (Wildman–Crippen MR) is 59.6 cm³/mol. The Labute approximate surface area is 93.1 Å². The number of aromatic nitrogens is 1. The minimum atomic E-state index is -0.990. The molecule has 1 atom stereocenters. The van der Waals surface area contributed by atoms with Crippen molar-refractivity contribution in [2.75, 3.05) is 6.61 Å². The highest BCUT2D eigenvalue weighted by Gasteiger charge is 2.38. The van der Waals surface area contributed by atoms with Gasteiger partial charge < -0.3 is 19.2 Å². The van der Waals surface area contributed by atoms with Gasteiger partial charge in [0.2, 0.25) is 0 Å². The number of hydrogen-bond donors (Lipinski definition) is 1. The third kappa shape index (κ3) is 1.34. The Morgan fingerprint density at radius 2 is 2.06 bits per heavy atom. The number of ether oxygens (including phenoxy) is 3. The van der Waals surface area contributed by atoms with Crippen molar-refractivity contribution in [1.29, 1.82) is 0 Å². The van der Waals surface area contributed by atoms with Crippen molar-refractivity contribution in [3.8, 4) is 11.5 Å². The van der Waals surface area contributed by atoms with Crippen LogP contribution in [0, 0.1) is 0 Å². The SMILES string of the molecule is CCOC1(C)Oc2cc3cc[nH]c3cc2O1. The van der Waals surface area contributed by atoms with Gasteiger partial charge in [0.25, 0.3) is 0 Å². The highest BCUT2D eigenvalue weighted by Crippen LogP contribution is 2.42. The van der Waals surface area contributed by atoms with E-state index in [4.69, 9.17) is 14.2 Å². The third-order valence-corrected chi connectivity index (χ3v) is 2.61. The molecule has 1 unspecified atom stereocenters. The number of rotatable bonds is 2. The number of hydrogen-bond acceptors (Lipinski definition) is 3. The Morgan fingerprint density at radius 3 is 2.81 bits per heavy atom. The molecule has 0 saturated heterocycles. The predicted octanol–water partition coefficient (Wildman–Crippen LogP) is 2.65. The normalized spacial score (nSPS) is 22.9. The molecule has 16 heavy (non-hydrogen) atoms. The van der Waals surface area contributed by atoms with Crippen LogP contribution in [0.5, 0.6) is 11.5 Å². The van der Waals surface area contributed by atoms with Crippen LogP contribution in [0.1, 0.15) is 13.8 Å². The van der Waals surface area contributed by atoms with Gasteiger partial charge in [-0.15, -0.1) is 0 Å². The lowest BCUT2D eigenvalue weighted by Crippen LogP contribution is -2.37. The fourth-order valence-corrected chi connectivity index (χ4v) is 1.96. The van der Waals surface area contributed by atoms with E-state index in [1.54, 1.807) is 6.92 Å². The second-order valence-electron chi connectivity index (χ2n) is 3.86. The first kappa shape index (κ1) is 9.54. The van der Waals surface area contributed by atoms with Crippen molar-refractivity contribution >= 4 is 10.9 Å². The Bertz CT molecular complexity index is 492. The number of aromatic amines is 1. The molecule has 4 nitrogen and oxygen atoms in total. The molecule has 1 N–H and O–H groups in total. The molecule has 0 fully saturated rings. The van der Waals surface area contributed by atoms with Crippen molar-refractivity contribution in [3.05, 3.63) is 24.4 Å². The summed E-state index contributed by atoms with van der Waals surface area (Å²) in [6, 6.07) is 5.87. The summed E-state index contributed by atoms with van der Waals surface area (Å²) in [4.78, 5) is 3.13. The maximum Gasteiger partial charge on any atom is 0.368 e. The Hall–Kier alpha value is -1.68. The first-order valence-corrected chi connectivity index (χ1v) is 5.33. The van der Waals surface area contributed by atoms with Crippen LogP contribution in [0.2, 0.25) is 0 Å². The topological polar surface area (TPSA) is 43.5 Å². The molecular formula is C12H13NO3. The van der Waals surface area contributed by atoms with E-state index in [2.05, 4.69) is 4.98 Å². The van der Waals surface area contributed by atoms with Gasteiger partial charge in [0, 0.05) is 30.1 Å². The van der Waals surface area contributed by atoms with Crippen LogP contribution in [0.3, 0.4) is 0 Å². The van der Waals surface area contributed by atoms with E-state index in [9.17, 15) is 0 Å². The van der Waals surface area contributed by atoms with Gasteiger partial charge in [0.15, 0.2) is 11.5 Å². The summed E-state index contributed by atoms with van der Waals surface area (Å²) in [5.41, 5.74) is 1.03. The second-order valence-corrected chi connectivity index (χ2v) is 3.86. The first-order chi connectivity index (χ1) is 7.70. The third-order valence-electron chi connectivity index (χ3n) is 2.61. The standard InChI is InChI=1S/C12H13NO3/c1-3-14-12(2)15-10-6-8-4-5-13-9(8)7-11(10)16-12/h4-7,13H,3H2,1-2H3. The molecule has 1 aromatic heterocycles. The van der Waals surface area contributed by atoms with Crippen LogP contribution in [0.25, 0.3) is 10.9 Å². The van der Waals surface area contributed by atoms with Crippen LogP contribution >= 0.6 is 0 Å². The van der Waals surface area contributed by atoms with E-state index < -0.39 is 5.97 Å². The van der Waals surface area contributed by atoms with Gasteiger partial charge in [0.1, 0.15) is 0 Å². The average Bonchev–Trinajstić information content (AvgIpc) is 2.76. The number of H-pyrrole nitrogens is 1. The molecule has 0 saturated carbocycles.